The molecule has 1 amide bonds. The van der Waals surface area contributed by atoms with Crippen LogP contribution < -0.4 is 5.32 Å². The average Bonchev–Trinajstić information content (AvgIpc) is 2.84. The zero-order chi connectivity index (χ0) is 15.4. The second-order valence-corrected chi connectivity index (χ2v) is 4.91. The monoisotopic (exact) mass is 287 g/mol. The molecule has 1 atom stereocenters. The fourth-order valence-electron chi connectivity index (χ4n) is 2.22. The summed E-state index contributed by atoms with van der Waals surface area (Å²) in [5.41, 5.74) is 2.43. The van der Waals surface area contributed by atoms with Crippen molar-refractivity contribution < 1.29 is 19.1 Å². The van der Waals surface area contributed by atoms with E-state index in [2.05, 4.69) is 5.32 Å². The van der Waals surface area contributed by atoms with Crippen molar-refractivity contribution >= 4 is 11.9 Å². The van der Waals surface area contributed by atoms with Crippen molar-refractivity contribution in [2.45, 2.75) is 26.3 Å². The Bertz CT molecular complexity index is 660. The van der Waals surface area contributed by atoms with E-state index in [0.29, 0.717) is 5.56 Å². The molecule has 0 fully saturated rings. The molecule has 5 nitrogen and oxygen atoms in total. The highest BCUT2D eigenvalue weighted by molar-refractivity contribution is 5.93. The highest BCUT2D eigenvalue weighted by atomic mass is 16.4. The van der Waals surface area contributed by atoms with Gasteiger partial charge < -0.3 is 14.8 Å². The van der Waals surface area contributed by atoms with Crippen LogP contribution in [0.15, 0.2) is 41.0 Å². The van der Waals surface area contributed by atoms with Crippen molar-refractivity contribution in [3.63, 3.8) is 0 Å². The molecule has 0 aliphatic heterocycles. The summed E-state index contributed by atoms with van der Waals surface area (Å²) in [6, 6.07) is 8.48. The predicted octanol–water partition coefficient (Wildman–Crippen LogP) is 2.84. The maximum atomic E-state index is 12.2. The maximum Gasteiger partial charge on any atom is 0.305 e. The van der Waals surface area contributed by atoms with Gasteiger partial charge >= 0.3 is 5.97 Å². The van der Waals surface area contributed by atoms with Crippen molar-refractivity contribution in [2.75, 3.05) is 0 Å². The van der Waals surface area contributed by atoms with Gasteiger partial charge in [0.25, 0.3) is 5.91 Å². The quantitative estimate of drug-likeness (QED) is 0.886. The normalized spacial score (nSPS) is 11.9. The number of carbonyl (C=O) groups is 2. The van der Waals surface area contributed by atoms with Gasteiger partial charge in [-0.25, -0.2) is 0 Å². The van der Waals surface area contributed by atoms with Crippen LogP contribution >= 0.6 is 0 Å². The molecule has 21 heavy (non-hydrogen) atoms. The van der Waals surface area contributed by atoms with E-state index in [1.54, 1.807) is 13.0 Å². The average molecular weight is 287 g/mol. The molecule has 2 rings (SSSR count). The van der Waals surface area contributed by atoms with Crippen LogP contribution in [0.25, 0.3) is 0 Å². The molecule has 2 aromatic rings. The molecular weight excluding hydrogens is 270 g/mol. The molecule has 110 valence electrons. The van der Waals surface area contributed by atoms with E-state index in [1.165, 1.54) is 6.26 Å². The number of aryl methyl sites for hydroxylation is 2. The third kappa shape index (κ3) is 3.51. The highest BCUT2D eigenvalue weighted by Crippen LogP contribution is 2.22. The zero-order valence-corrected chi connectivity index (χ0v) is 11.9. The molecule has 0 spiro atoms. The van der Waals surface area contributed by atoms with Gasteiger partial charge in [-0.15, -0.1) is 0 Å². The van der Waals surface area contributed by atoms with E-state index >= 15 is 0 Å². The zero-order valence-electron chi connectivity index (χ0n) is 11.9. The minimum Gasteiger partial charge on any atom is -0.481 e. The minimum atomic E-state index is -0.972. The van der Waals surface area contributed by atoms with Crippen LogP contribution in [0.2, 0.25) is 0 Å². The molecule has 1 aromatic carbocycles. The van der Waals surface area contributed by atoms with Gasteiger partial charge in [-0.3, -0.25) is 9.59 Å². The molecule has 1 aromatic heterocycles. The smallest absolute Gasteiger partial charge is 0.305 e. The lowest BCUT2D eigenvalue weighted by Gasteiger charge is -2.19. The number of carbonyl (C=O) groups excluding carboxylic acids is 1. The molecule has 5 heteroatoms. The van der Waals surface area contributed by atoms with Crippen molar-refractivity contribution in [1.29, 1.82) is 0 Å². The fourth-order valence-corrected chi connectivity index (χ4v) is 2.22. The summed E-state index contributed by atoms with van der Waals surface area (Å²) in [7, 11) is 0. The first-order valence-electron chi connectivity index (χ1n) is 6.61. The number of hydrogen-bond acceptors (Lipinski definition) is 3. The molecule has 0 unspecified atom stereocenters. The van der Waals surface area contributed by atoms with E-state index < -0.39 is 17.9 Å². The van der Waals surface area contributed by atoms with Gasteiger partial charge in [0.05, 0.1) is 18.7 Å². The number of rotatable bonds is 5. The van der Waals surface area contributed by atoms with Gasteiger partial charge in [0.1, 0.15) is 0 Å². The lowest BCUT2D eigenvalue weighted by Crippen LogP contribution is -2.30. The van der Waals surface area contributed by atoms with Crippen LogP contribution in [0.4, 0.5) is 0 Å². The molecule has 0 radical (unpaired) electrons. The summed E-state index contributed by atoms with van der Waals surface area (Å²) in [5.74, 6) is -1.18. The largest absolute Gasteiger partial charge is 0.481 e. The number of carboxylic acids is 1. The van der Waals surface area contributed by atoms with Crippen LogP contribution in [0, 0.1) is 13.8 Å². The van der Waals surface area contributed by atoms with E-state index in [1.807, 2.05) is 31.2 Å². The first-order chi connectivity index (χ1) is 9.99. The van der Waals surface area contributed by atoms with Gasteiger partial charge in [0, 0.05) is 5.56 Å². The Morgan fingerprint density at radius 2 is 1.90 bits per heavy atom. The predicted molar refractivity (Wildman–Crippen MR) is 77.1 cm³/mol. The van der Waals surface area contributed by atoms with Crippen molar-refractivity contribution in [2.24, 2.45) is 0 Å². The van der Waals surface area contributed by atoms with Crippen molar-refractivity contribution in [1.82, 2.24) is 5.32 Å². The number of benzene rings is 1. The van der Waals surface area contributed by atoms with Crippen LogP contribution in [0.3, 0.4) is 0 Å². The Balaban J connectivity index is 2.25. The summed E-state index contributed by atoms with van der Waals surface area (Å²) in [4.78, 5) is 23.3. The highest BCUT2D eigenvalue weighted by Gasteiger charge is 2.22. The standard InChI is InChI=1S/C16H17NO4/c1-10-5-3-4-6-12(10)13(9-14(18)19)17-16(20)15-11(2)7-8-21-15/h3-8,13H,9H2,1-2H3,(H,17,20)(H,18,19)/t13-/m0/s1. The van der Waals surface area contributed by atoms with Crippen molar-refractivity contribution in [3.8, 4) is 0 Å². The van der Waals surface area contributed by atoms with Gasteiger partial charge in [-0.2, -0.15) is 0 Å². The van der Waals surface area contributed by atoms with E-state index in [-0.39, 0.29) is 12.2 Å². The molecule has 0 aliphatic rings. The first-order valence-corrected chi connectivity index (χ1v) is 6.61. The SMILES string of the molecule is Cc1ccccc1[C@H](CC(=O)O)NC(=O)c1occc1C. The third-order valence-corrected chi connectivity index (χ3v) is 3.32. The third-order valence-electron chi connectivity index (χ3n) is 3.32. The summed E-state index contributed by atoms with van der Waals surface area (Å²) in [5, 5.41) is 11.8. The summed E-state index contributed by atoms with van der Waals surface area (Å²) >= 11 is 0. The Morgan fingerprint density at radius 3 is 2.48 bits per heavy atom. The first kappa shape index (κ1) is 14.8. The maximum absolute atomic E-state index is 12.2. The topological polar surface area (TPSA) is 79.5 Å². The Morgan fingerprint density at radius 1 is 1.19 bits per heavy atom. The summed E-state index contributed by atoms with van der Waals surface area (Å²) in [6.45, 7) is 3.65. The lowest BCUT2D eigenvalue weighted by atomic mass is 9.98. The van der Waals surface area contributed by atoms with Gasteiger partial charge in [0.2, 0.25) is 0 Å². The summed E-state index contributed by atoms with van der Waals surface area (Å²) in [6.07, 6.45) is 1.25. The van der Waals surface area contributed by atoms with E-state index in [4.69, 9.17) is 9.52 Å². The van der Waals surface area contributed by atoms with Crippen molar-refractivity contribution in [3.05, 3.63) is 59.0 Å². The number of aliphatic carboxylic acids is 1. The number of nitrogens with one attached hydrogen (secondary N) is 1. The Kier molecular flexibility index (Phi) is 4.42. The lowest BCUT2D eigenvalue weighted by molar-refractivity contribution is -0.137. The summed E-state index contributed by atoms with van der Waals surface area (Å²) < 4.78 is 5.14. The van der Waals surface area contributed by atoms with Crippen LogP contribution in [0.5, 0.6) is 0 Å². The number of hydrogen-bond donors (Lipinski definition) is 2. The molecular formula is C16H17NO4. The Labute approximate surface area is 122 Å². The second kappa shape index (κ2) is 6.26. The second-order valence-electron chi connectivity index (χ2n) is 4.91. The van der Waals surface area contributed by atoms with Crippen LogP contribution in [-0.4, -0.2) is 17.0 Å². The fraction of sp³-hybridized carbons (Fsp3) is 0.250. The number of amides is 1. The number of carboxylic acid groups (broad SMARTS) is 1. The minimum absolute atomic E-state index is 0.184. The van der Waals surface area contributed by atoms with Crippen LogP contribution in [-0.2, 0) is 4.79 Å². The van der Waals surface area contributed by atoms with Gasteiger partial charge in [0.15, 0.2) is 5.76 Å². The van der Waals surface area contributed by atoms with E-state index in [9.17, 15) is 9.59 Å². The Hall–Kier alpha value is -2.56. The molecule has 0 saturated carbocycles. The van der Waals surface area contributed by atoms with Gasteiger partial charge in [-0.05, 0) is 31.0 Å². The molecule has 0 bridgehead atoms. The molecule has 0 saturated heterocycles. The molecule has 0 aliphatic carbocycles. The van der Waals surface area contributed by atoms with E-state index in [0.717, 1.165) is 11.1 Å². The van der Waals surface area contributed by atoms with Gasteiger partial charge in [-0.1, -0.05) is 24.3 Å². The molecule has 2 N–H and O–H groups in total. The number of furan rings is 1. The van der Waals surface area contributed by atoms with Crippen LogP contribution in [0.1, 0.15) is 39.7 Å². The molecule has 1 heterocycles.